The van der Waals surface area contributed by atoms with Crippen LogP contribution in [-0.4, -0.2) is 36.5 Å². The van der Waals surface area contributed by atoms with E-state index in [9.17, 15) is 5.11 Å². The Balaban J connectivity index is 2.55. The number of para-hydroxylation sites is 2. The molecule has 0 aliphatic rings. The van der Waals surface area contributed by atoms with E-state index in [0.29, 0.717) is 30.7 Å². The van der Waals surface area contributed by atoms with Gasteiger partial charge in [0.25, 0.3) is 0 Å². The standard InChI is InChI=1S/C15H25NO3/c1-5-18-13-8-6-7-9-14(13)19-11-15(4,17)10-16-12(2)3/h6-9,12,16-17H,5,10-11H2,1-4H3. The number of aliphatic hydroxyl groups is 1. The van der Waals surface area contributed by atoms with Gasteiger partial charge in [0.2, 0.25) is 0 Å². The van der Waals surface area contributed by atoms with Crippen LogP contribution in [0.5, 0.6) is 11.5 Å². The van der Waals surface area contributed by atoms with E-state index in [4.69, 9.17) is 9.47 Å². The molecular formula is C15H25NO3. The zero-order valence-electron chi connectivity index (χ0n) is 12.3. The molecule has 0 bridgehead atoms. The maximum atomic E-state index is 10.2. The lowest BCUT2D eigenvalue weighted by atomic mass is 10.1. The van der Waals surface area contributed by atoms with Gasteiger partial charge >= 0.3 is 0 Å². The van der Waals surface area contributed by atoms with Gasteiger partial charge in [0, 0.05) is 12.6 Å². The van der Waals surface area contributed by atoms with Gasteiger partial charge in [0.15, 0.2) is 11.5 Å². The number of nitrogens with one attached hydrogen (secondary N) is 1. The minimum Gasteiger partial charge on any atom is -0.490 e. The van der Waals surface area contributed by atoms with E-state index in [1.54, 1.807) is 6.92 Å². The number of hydrogen-bond acceptors (Lipinski definition) is 4. The fourth-order valence-corrected chi connectivity index (χ4v) is 1.55. The molecule has 1 aromatic carbocycles. The Morgan fingerprint density at radius 2 is 1.79 bits per heavy atom. The van der Waals surface area contributed by atoms with Gasteiger partial charge in [-0.2, -0.15) is 0 Å². The molecule has 1 unspecified atom stereocenters. The van der Waals surface area contributed by atoms with Crippen LogP contribution in [0.4, 0.5) is 0 Å². The molecule has 0 aliphatic heterocycles. The third-order valence-electron chi connectivity index (χ3n) is 2.58. The van der Waals surface area contributed by atoms with E-state index in [1.807, 2.05) is 45.0 Å². The van der Waals surface area contributed by atoms with Gasteiger partial charge in [-0.1, -0.05) is 26.0 Å². The zero-order chi connectivity index (χ0) is 14.3. The molecule has 108 valence electrons. The lowest BCUT2D eigenvalue weighted by Gasteiger charge is -2.25. The van der Waals surface area contributed by atoms with Crippen LogP contribution in [0.15, 0.2) is 24.3 Å². The second kappa shape index (κ2) is 7.36. The van der Waals surface area contributed by atoms with Gasteiger partial charge in [-0.15, -0.1) is 0 Å². The van der Waals surface area contributed by atoms with Crippen LogP contribution >= 0.6 is 0 Å². The Bertz CT molecular complexity index is 377. The molecule has 0 aliphatic carbocycles. The quantitative estimate of drug-likeness (QED) is 0.758. The van der Waals surface area contributed by atoms with Crippen molar-refractivity contribution in [3.63, 3.8) is 0 Å². The third kappa shape index (κ3) is 5.94. The van der Waals surface area contributed by atoms with Crippen molar-refractivity contribution >= 4 is 0 Å². The molecule has 4 nitrogen and oxygen atoms in total. The lowest BCUT2D eigenvalue weighted by molar-refractivity contribution is 0.0100. The number of benzene rings is 1. The van der Waals surface area contributed by atoms with Gasteiger partial charge in [0.05, 0.1) is 6.61 Å². The monoisotopic (exact) mass is 267 g/mol. The summed E-state index contributed by atoms with van der Waals surface area (Å²) in [6.07, 6.45) is 0. The normalized spacial score (nSPS) is 14.2. The minimum absolute atomic E-state index is 0.219. The summed E-state index contributed by atoms with van der Waals surface area (Å²) in [5.74, 6) is 1.37. The lowest BCUT2D eigenvalue weighted by Crippen LogP contribution is -2.44. The summed E-state index contributed by atoms with van der Waals surface area (Å²) in [7, 11) is 0. The minimum atomic E-state index is -0.913. The van der Waals surface area contributed by atoms with Crippen LogP contribution < -0.4 is 14.8 Å². The van der Waals surface area contributed by atoms with E-state index in [1.165, 1.54) is 0 Å². The van der Waals surface area contributed by atoms with Gasteiger partial charge in [-0.25, -0.2) is 0 Å². The highest BCUT2D eigenvalue weighted by atomic mass is 16.5. The molecule has 1 aromatic rings. The third-order valence-corrected chi connectivity index (χ3v) is 2.58. The van der Waals surface area contributed by atoms with Crippen LogP contribution in [0.25, 0.3) is 0 Å². The van der Waals surface area contributed by atoms with Crippen molar-refractivity contribution in [2.45, 2.75) is 39.3 Å². The summed E-state index contributed by atoms with van der Waals surface area (Å²) >= 11 is 0. The zero-order valence-corrected chi connectivity index (χ0v) is 12.3. The van der Waals surface area contributed by atoms with E-state index in [2.05, 4.69) is 5.32 Å². The van der Waals surface area contributed by atoms with Crippen molar-refractivity contribution in [2.24, 2.45) is 0 Å². The average molecular weight is 267 g/mol. The molecule has 0 fully saturated rings. The molecule has 0 saturated heterocycles. The first kappa shape index (κ1) is 15.8. The van der Waals surface area contributed by atoms with Gasteiger partial charge in [0.1, 0.15) is 12.2 Å². The molecule has 0 amide bonds. The van der Waals surface area contributed by atoms with Crippen molar-refractivity contribution in [2.75, 3.05) is 19.8 Å². The largest absolute Gasteiger partial charge is 0.490 e. The molecule has 0 radical (unpaired) electrons. The van der Waals surface area contributed by atoms with Crippen LogP contribution in [-0.2, 0) is 0 Å². The van der Waals surface area contributed by atoms with E-state index < -0.39 is 5.60 Å². The molecule has 0 heterocycles. The molecule has 0 aromatic heterocycles. The van der Waals surface area contributed by atoms with Gasteiger partial charge < -0.3 is 19.9 Å². The fourth-order valence-electron chi connectivity index (χ4n) is 1.55. The number of rotatable bonds is 8. The molecule has 1 atom stereocenters. The van der Waals surface area contributed by atoms with Gasteiger partial charge in [-0.05, 0) is 26.0 Å². The summed E-state index contributed by atoms with van der Waals surface area (Å²) in [6.45, 7) is 9.07. The maximum Gasteiger partial charge on any atom is 0.161 e. The first-order valence-electron chi connectivity index (χ1n) is 6.75. The van der Waals surface area contributed by atoms with Crippen LogP contribution in [0.1, 0.15) is 27.7 Å². The summed E-state index contributed by atoms with van der Waals surface area (Å²) in [5, 5.41) is 13.4. The predicted octanol–water partition coefficient (Wildman–Crippen LogP) is 2.21. The highest BCUT2D eigenvalue weighted by molar-refractivity contribution is 5.39. The molecule has 0 spiro atoms. The smallest absolute Gasteiger partial charge is 0.161 e. The molecule has 0 saturated carbocycles. The van der Waals surface area contributed by atoms with Crippen LogP contribution in [0.3, 0.4) is 0 Å². The molecule has 1 rings (SSSR count). The van der Waals surface area contributed by atoms with Gasteiger partial charge in [-0.3, -0.25) is 0 Å². The highest BCUT2D eigenvalue weighted by Gasteiger charge is 2.22. The number of hydrogen-bond donors (Lipinski definition) is 2. The van der Waals surface area contributed by atoms with Crippen LogP contribution in [0.2, 0.25) is 0 Å². The Hall–Kier alpha value is -1.26. The Morgan fingerprint density at radius 3 is 2.32 bits per heavy atom. The average Bonchev–Trinajstić information content (AvgIpc) is 2.36. The van der Waals surface area contributed by atoms with E-state index in [0.717, 1.165) is 0 Å². The molecular weight excluding hydrogens is 242 g/mol. The molecule has 4 heteroatoms. The van der Waals surface area contributed by atoms with Crippen molar-refractivity contribution in [3.05, 3.63) is 24.3 Å². The predicted molar refractivity (Wildman–Crippen MR) is 76.9 cm³/mol. The SMILES string of the molecule is CCOc1ccccc1OCC(C)(O)CNC(C)C. The fraction of sp³-hybridized carbons (Fsp3) is 0.600. The first-order chi connectivity index (χ1) is 8.94. The van der Waals surface area contributed by atoms with Crippen LogP contribution in [0, 0.1) is 0 Å². The number of ether oxygens (including phenoxy) is 2. The first-order valence-corrected chi connectivity index (χ1v) is 6.75. The molecule has 2 N–H and O–H groups in total. The van der Waals surface area contributed by atoms with Crippen molar-refractivity contribution in [1.29, 1.82) is 0 Å². The van der Waals surface area contributed by atoms with Crippen molar-refractivity contribution < 1.29 is 14.6 Å². The summed E-state index contributed by atoms with van der Waals surface area (Å²) in [5.41, 5.74) is -0.913. The van der Waals surface area contributed by atoms with Crippen molar-refractivity contribution in [1.82, 2.24) is 5.32 Å². The second-order valence-electron chi connectivity index (χ2n) is 5.20. The maximum absolute atomic E-state index is 10.2. The Morgan fingerprint density at radius 1 is 1.21 bits per heavy atom. The van der Waals surface area contributed by atoms with E-state index >= 15 is 0 Å². The molecule has 19 heavy (non-hydrogen) atoms. The Labute approximate surface area is 115 Å². The summed E-state index contributed by atoms with van der Waals surface area (Å²) in [4.78, 5) is 0. The van der Waals surface area contributed by atoms with E-state index in [-0.39, 0.29) is 6.61 Å². The summed E-state index contributed by atoms with van der Waals surface area (Å²) in [6, 6.07) is 7.83. The summed E-state index contributed by atoms with van der Waals surface area (Å²) < 4.78 is 11.1. The topological polar surface area (TPSA) is 50.7 Å². The Kier molecular flexibility index (Phi) is 6.12. The van der Waals surface area contributed by atoms with Crippen molar-refractivity contribution in [3.8, 4) is 11.5 Å². The second-order valence-corrected chi connectivity index (χ2v) is 5.20. The highest BCUT2D eigenvalue weighted by Crippen LogP contribution is 2.27.